The van der Waals surface area contributed by atoms with Gasteiger partial charge in [0, 0.05) is 18.7 Å². The van der Waals surface area contributed by atoms with Crippen molar-refractivity contribution in [1.82, 2.24) is 15.8 Å². The molecule has 0 saturated carbocycles. The van der Waals surface area contributed by atoms with Crippen LogP contribution < -0.4 is 10.9 Å². The Kier molecular flexibility index (Phi) is 10.1. The van der Waals surface area contributed by atoms with E-state index in [9.17, 15) is 35.5 Å². The van der Waals surface area contributed by atoms with Crippen LogP contribution in [0.5, 0.6) is 0 Å². The topological polar surface area (TPSA) is 44.4 Å². The van der Waals surface area contributed by atoms with Gasteiger partial charge in [-0.1, -0.05) is 40.9 Å². The summed E-state index contributed by atoms with van der Waals surface area (Å²) in [5, 5.41) is -0.861. The number of hydrazine groups is 1. The maximum absolute atomic E-state index is 14.9. The van der Waals surface area contributed by atoms with E-state index in [1.165, 1.54) is 0 Å². The lowest BCUT2D eigenvalue weighted by atomic mass is 9.95. The van der Waals surface area contributed by atoms with E-state index in [-0.39, 0.29) is 33.8 Å². The molecule has 0 aliphatic heterocycles. The largest absolute Gasteiger partial charge is 0.417 e. The molecule has 36 heavy (non-hydrogen) atoms. The zero-order valence-corrected chi connectivity index (χ0v) is 20.9. The number of carbonyl (C=O) groups excluding carboxylic acids is 1. The van der Waals surface area contributed by atoms with E-state index >= 15 is 0 Å². The molecule has 0 aliphatic carbocycles. The molecule has 0 heterocycles. The second kappa shape index (κ2) is 12.0. The number of amides is 1. The van der Waals surface area contributed by atoms with Crippen molar-refractivity contribution in [3.8, 4) is 0 Å². The molecule has 0 saturated heterocycles. The minimum Gasteiger partial charge on any atom is -0.308 e. The van der Waals surface area contributed by atoms with Gasteiger partial charge < -0.3 is 4.90 Å². The number of rotatable bonds is 8. The van der Waals surface area contributed by atoms with E-state index in [1.807, 2.05) is 0 Å². The number of carbonyl (C=O) groups is 1. The minimum absolute atomic E-state index is 0.0912. The Bertz CT molecular complexity index is 1110. The van der Waals surface area contributed by atoms with Crippen LogP contribution in [-0.2, 0) is 6.18 Å². The van der Waals surface area contributed by atoms with E-state index < -0.39 is 52.3 Å². The third-order valence-corrected chi connectivity index (χ3v) is 5.96. The molecule has 0 aromatic heterocycles. The molecule has 1 atom stereocenters. The summed E-state index contributed by atoms with van der Waals surface area (Å²) in [4.78, 5) is 14.0. The number of hydrogen-bond acceptors (Lipinski definition) is 3. The van der Waals surface area contributed by atoms with E-state index in [1.54, 1.807) is 19.0 Å². The van der Waals surface area contributed by atoms with Crippen LogP contribution in [0.2, 0.25) is 15.1 Å². The third kappa shape index (κ3) is 7.97. The van der Waals surface area contributed by atoms with Crippen LogP contribution in [0.1, 0.15) is 33.0 Å². The van der Waals surface area contributed by atoms with Gasteiger partial charge in [-0.2, -0.15) is 26.3 Å². The minimum atomic E-state index is -5.10. The van der Waals surface area contributed by atoms with Gasteiger partial charge in [0.1, 0.15) is 11.7 Å². The van der Waals surface area contributed by atoms with Gasteiger partial charge >= 0.3 is 12.4 Å². The van der Waals surface area contributed by atoms with Crippen LogP contribution >= 0.6 is 34.8 Å². The lowest BCUT2D eigenvalue weighted by Crippen LogP contribution is -2.41. The second-order valence-electron chi connectivity index (χ2n) is 7.77. The Balaban J connectivity index is 2.46. The van der Waals surface area contributed by atoms with Crippen LogP contribution in [0.15, 0.2) is 36.4 Å². The first-order valence-electron chi connectivity index (χ1n) is 10.0. The van der Waals surface area contributed by atoms with E-state index in [0.29, 0.717) is 12.6 Å². The van der Waals surface area contributed by atoms with Gasteiger partial charge in [-0.15, -0.1) is 0 Å². The Labute approximate surface area is 217 Å². The first-order chi connectivity index (χ1) is 16.5. The third-order valence-electron chi connectivity index (χ3n) is 4.76. The number of halogens is 10. The van der Waals surface area contributed by atoms with Gasteiger partial charge in [-0.25, -0.2) is 9.82 Å². The number of hydrogen-bond donors (Lipinski definition) is 2. The molecule has 2 aromatic carbocycles. The monoisotopic (exact) mass is 579 g/mol. The summed E-state index contributed by atoms with van der Waals surface area (Å²) in [6.45, 7) is 0.679. The van der Waals surface area contributed by atoms with Crippen molar-refractivity contribution in [1.29, 1.82) is 0 Å². The van der Waals surface area contributed by atoms with Crippen molar-refractivity contribution >= 4 is 46.5 Å². The van der Waals surface area contributed by atoms with Crippen molar-refractivity contribution in [2.24, 2.45) is 0 Å². The zero-order chi connectivity index (χ0) is 27.4. The van der Waals surface area contributed by atoms with Gasteiger partial charge in [0.15, 0.2) is 0 Å². The number of alkyl halides is 6. The van der Waals surface area contributed by atoms with Gasteiger partial charge in [0.05, 0.1) is 26.2 Å². The fourth-order valence-corrected chi connectivity index (χ4v) is 3.60. The Morgan fingerprint density at radius 2 is 1.61 bits per heavy atom. The van der Waals surface area contributed by atoms with Gasteiger partial charge in [0.2, 0.25) is 0 Å². The molecule has 2 N–H and O–H groups in total. The standard InChI is InChI=1S/C22H19Cl3F7N3O/c1-35(2)6-5-33-34-20(36)13-4-3-11(7-15(13)22(30,31)32)18(26)10-14(21(27,28)29)12-8-16(23)19(25)17(24)9-12/h3-4,7-10,14,33H,5-6H2,1-2H3,(H,34,36). The van der Waals surface area contributed by atoms with Crippen molar-refractivity contribution in [2.75, 3.05) is 27.2 Å². The van der Waals surface area contributed by atoms with Crippen LogP contribution in [0, 0.1) is 0 Å². The maximum atomic E-state index is 14.9. The van der Waals surface area contributed by atoms with Crippen molar-refractivity contribution in [3.63, 3.8) is 0 Å². The van der Waals surface area contributed by atoms with Crippen LogP contribution in [0.4, 0.5) is 30.7 Å². The smallest absolute Gasteiger partial charge is 0.308 e. The number of nitrogens with zero attached hydrogens (tertiary/aromatic N) is 1. The summed E-state index contributed by atoms with van der Waals surface area (Å²) in [5.41, 5.74) is 0.777. The summed E-state index contributed by atoms with van der Waals surface area (Å²) in [5.74, 6) is -5.38. The van der Waals surface area contributed by atoms with Crippen molar-refractivity contribution in [2.45, 2.75) is 18.3 Å². The molecule has 4 nitrogen and oxygen atoms in total. The highest BCUT2D eigenvalue weighted by molar-refractivity contribution is 6.48. The maximum Gasteiger partial charge on any atom is 0.417 e. The lowest BCUT2D eigenvalue weighted by molar-refractivity contribution is -0.140. The molecule has 2 rings (SSSR count). The Morgan fingerprint density at radius 1 is 1.03 bits per heavy atom. The van der Waals surface area contributed by atoms with Crippen LogP contribution in [0.25, 0.3) is 5.83 Å². The average Bonchev–Trinajstić information content (AvgIpc) is 2.76. The van der Waals surface area contributed by atoms with Gasteiger partial charge in [-0.3, -0.25) is 10.2 Å². The Hall–Kier alpha value is -2.05. The first-order valence-corrected chi connectivity index (χ1v) is 11.1. The first kappa shape index (κ1) is 30.2. The lowest BCUT2D eigenvalue weighted by Gasteiger charge is -2.19. The quantitative estimate of drug-likeness (QED) is 0.151. The normalized spacial score (nSPS) is 13.8. The molecule has 14 heteroatoms. The summed E-state index contributed by atoms with van der Waals surface area (Å²) in [6.07, 6.45) is -10.1. The highest BCUT2D eigenvalue weighted by Crippen LogP contribution is 2.42. The average molecular weight is 581 g/mol. The molecular weight excluding hydrogens is 562 g/mol. The number of nitrogens with one attached hydrogen (secondary N) is 2. The molecule has 1 amide bonds. The molecule has 0 radical (unpaired) electrons. The predicted octanol–water partition coefficient (Wildman–Crippen LogP) is 7.12. The molecular formula is C22H19Cl3F7N3O. The highest BCUT2D eigenvalue weighted by atomic mass is 35.5. The molecule has 1 unspecified atom stereocenters. The molecule has 2 aromatic rings. The van der Waals surface area contributed by atoms with E-state index in [4.69, 9.17) is 34.8 Å². The second-order valence-corrected chi connectivity index (χ2v) is 8.97. The molecule has 0 fully saturated rings. The number of benzene rings is 2. The summed E-state index contributed by atoms with van der Waals surface area (Å²) in [7, 11) is 3.48. The van der Waals surface area contributed by atoms with Crippen molar-refractivity contribution in [3.05, 3.63) is 73.7 Å². The predicted molar refractivity (Wildman–Crippen MR) is 125 cm³/mol. The summed E-state index contributed by atoms with van der Waals surface area (Å²) < 4.78 is 96.9. The summed E-state index contributed by atoms with van der Waals surface area (Å²) in [6, 6.07) is 3.36. The van der Waals surface area contributed by atoms with Crippen LogP contribution in [-0.4, -0.2) is 44.2 Å². The fourth-order valence-electron chi connectivity index (χ4n) is 2.99. The van der Waals surface area contributed by atoms with E-state index in [0.717, 1.165) is 18.2 Å². The van der Waals surface area contributed by atoms with Gasteiger partial charge in [0.25, 0.3) is 5.91 Å². The Morgan fingerprint density at radius 3 is 2.11 bits per heavy atom. The van der Waals surface area contributed by atoms with Crippen molar-refractivity contribution < 1.29 is 35.5 Å². The molecule has 198 valence electrons. The zero-order valence-electron chi connectivity index (χ0n) is 18.6. The SMILES string of the molecule is CN(C)CCNNC(=O)c1ccc(C(F)=CC(c2cc(Cl)c(Cl)c(Cl)c2)C(F)(F)F)cc1C(F)(F)F. The molecule has 0 aliphatic rings. The number of likely N-dealkylation sites (N-methyl/N-ethyl adjacent to an activating group) is 1. The molecule has 0 bridgehead atoms. The van der Waals surface area contributed by atoms with Crippen LogP contribution in [0.3, 0.4) is 0 Å². The fraction of sp³-hybridized carbons (Fsp3) is 0.318. The highest BCUT2D eigenvalue weighted by Gasteiger charge is 2.41. The summed E-state index contributed by atoms with van der Waals surface area (Å²) >= 11 is 17.3. The van der Waals surface area contributed by atoms with E-state index in [2.05, 4.69) is 10.9 Å². The molecule has 0 spiro atoms. The van der Waals surface area contributed by atoms with Gasteiger partial charge in [-0.05, 0) is 50.0 Å². The number of allylic oxidation sites excluding steroid dienone is 1.